The number of carboxylic acid groups (broad SMARTS) is 1. The maximum Gasteiger partial charge on any atom is 0.338 e. The number of hydrogen-bond acceptors (Lipinski definition) is 3. The lowest BCUT2D eigenvalue weighted by atomic mass is 9.90. The van der Waals surface area contributed by atoms with Crippen LogP contribution in [0.5, 0.6) is 0 Å². The van der Waals surface area contributed by atoms with Gasteiger partial charge in [0, 0.05) is 5.41 Å². The summed E-state index contributed by atoms with van der Waals surface area (Å²) in [5.41, 5.74) is 0.955. The molecule has 0 radical (unpaired) electrons. The van der Waals surface area contributed by atoms with E-state index >= 15 is 0 Å². The summed E-state index contributed by atoms with van der Waals surface area (Å²) in [5.74, 6) is -0.395. The third-order valence-electron chi connectivity index (χ3n) is 3.11. The molecule has 90 valence electrons. The van der Waals surface area contributed by atoms with Crippen LogP contribution in [0.1, 0.15) is 43.4 Å². The summed E-state index contributed by atoms with van der Waals surface area (Å²) in [6.07, 6.45) is 0.877. The van der Waals surface area contributed by atoms with Crippen molar-refractivity contribution < 1.29 is 14.3 Å². The zero-order valence-corrected chi connectivity index (χ0v) is 10.2. The minimum absolute atomic E-state index is 0.185. The van der Waals surface area contributed by atoms with Crippen molar-refractivity contribution in [2.45, 2.75) is 32.6 Å². The summed E-state index contributed by atoms with van der Waals surface area (Å²) < 4.78 is 5.64. The molecule has 0 fully saturated rings. The predicted octanol–water partition coefficient (Wildman–Crippen LogP) is 3.21. The van der Waals surface area contributed by atoms with Gasteiger partial charge in [-0.25, -0.2) is 9.78 Å². The Morgan fingerprint density at radius 2 is 2.18 bits per heavy atom. The summed E-state index contributed by atoms with van der Waals surface area (Å²) >= 11 is 0. The van der Waals surface area contributed by atoms with Crippen molar-refractivity contribution in [3.05, 3.63) is 29.7 Å². The van der Waals surface area contributed by atoms with Crippen LogP contribution in [-0.2, 0) is 5.41 Å². The normalized spacial score (nSPS) is 11.9. The molecule has 0 aliphatic heterocycles. The number of oxazole rings is 1. The zero-order chi connectivity index (χ0) is 12.6. The van der Waals surface area contributed by atoms with E-state index in [9.17, 15) is 4.79 Å². The van der Waals surface area contributed by atoms with Crippen molar-refractivity contribution in [3.8, 4) is 0 Å². The van der Waals surface area contributed by atoms with Crippen molar-refractivity contribution in [1.29, 1.82) is 0 Å². The standard InChI is InChI=1S/C13H15NO3/c1-4-13(2,3)12-14-10-8(11(15)16)6-5-7-9(10)17-12/h5-7H,4H2,1-3H3,(H,15,16). The lowest BCUT2D eigenvalue weighted by Gasteiger charge is -2.16. The summed E-state index contributed by atoms with van der Waals surface area (Å²) in [6, 6.07) is 4.94. The minimum Gasteiger partial charge on any atom is -0.478 e. The monoisotopic (exact) mass is 233 g/mol. The third kappa shape index (κ3) is 1.90. The molecule has 0 spiro atoms. The fourth-order valence-corrected chi connectivity index (χ4v) is 1.56. The Morgan fingerprint density at radius 1 is 1.47 bits per heavy atom. The van der Waals surface area contributed by atoms with Gasteiger partial charge < -0.3 is 9.52 Å². The van der Waals surface area contributed by atoms with Crippen LogP contribution in [0.2, 0.25) is 0 Å². The first-order valence-corrected chi connectivity index (χ1v) is 5.59. The van der Waals surface area contributed by atoms with Crippen molar-refractivity contribution in [2.24, 2.45) is 0 Å². The lowest BCUT2D eigenvalue weighted by molar-refractivity contribution is 0.0699. The third-order valence-corrected chi connectivity index (χ3v) is 3.11. The molecule has 0 saturated carbocycles. The smallest absolute Gasteiger partial charge is 0.338 e. The quantitative estimate of drug-likeness (QED) is 0.884. The van der Waals surface area contributed by atoms with Gasteiger partial charge in [0.25, 0.3) is 0 Å². The number of carboxylic acids is 1. The van der Waals surface area contributed by atoms with E-state index < -0.39 is 5.97 Å². The number of carbonyl (C=O) groups is 1. The van der Waals surface area contributed by atoms with Gasteiger partial charge in [0.2, 0.25) is 5.89 Å². The highest BCUT2D eigenvalue weighted by atomic mass is 16.4. The molecule has 1 aromatic heterocycles. The second-order valence-corrected chi connectivity index (χ2v) is 4.71. The van der Waals surface area contributed by atoms with Gasteiger partial charge in [-0.2, -0.15) is 0 Å². The Hall–Kier alpha value is -1.84. The van der Waals surface area contributed by atoms with E-state index in [1.54, 1.807) is 12.1 Å². The molecule has 1 N–H and O–H groups in total. The maximum atomic E-state index is 11.1. The molecule has 17 heavy (non-hydrogen) atoms. The molecular formula is C13H15NO3. The molecule has 0 aliphatic carbocycles. The Balaban J connectivity index is 2.66. The van der Waals surface area contributed by atoms with Crippen LogP contribution in [0.4, 0.5) is 0 Å². The van der Waals surface area contributed by atoms with Crippen LogP contribution in [0, 0.1) is 0 Å². The van der Waals surface area contributed by atoms with Crippen LogP contribution in [0.25, 0.3) is 11.1 Å². The van der Waals surface area contributed by atoms with Crippen molar-refractivity contribution in [3.63, 3.8) is 0 Å². The Morgan fingerprint density at radius 3 is 2.76 bits per heavy atom. The molecule has 4 nitrogen and oxygen atoms in total. The molecule has 0 bridgehead atoms. The first kappa shape index (κ1) is 11.6. The largest absolute Gasteiger partial charge is 0.478 e. The number of fused-ring (bicyclic) bond motifs is 1. The summed E-state index contributed by atoms with van der Waals surface area (Å²) in [6.45, 7) is 6.10. The molecule has 2 aromatic rings. The molecule has 0 saturated heterocycles. The highest BCUT2D eigenvalue weighted by molar-refractivity contribution is 6.00. The van der Waals surface area contributed by atoms with E-state index in [4.69, 9.17) is 9.52 Å². The number of aromatic carboxylic acids is 1. The van der Waals surface area contributed by atoms with Crippen LogP contribution in [0.15, 0.2) is 22.6 Å². The summed E-state index contributed by atoms with van der Waals surface area (Å²) in [5, 5.41) is 9.07. The fourth-order valence-electron chi connectivity index (χ4n) is 1.56. The molecule has 0 unspecified atom stereocenters. The highest BCUT2D eigenvalue weighted by Gasteiger charge is 2.26. The minimum atomic E-state index is -0.982. The SMILES string of the molecule is CCC(C)(C)c1nc2c(C(=O)O)cccc2o1. The van der Waals surface area contributed by atoms with Gasteiger partial charge in [0.05, 0.1) is 5.56 Å². The maximum absolute atomic E-state index is 11.1. The van der Waals surface area contributed by atoms with Gasteiger partial charge >= 0.3 is 5.97 Å². The van der Waals surface area contributed by atoms with Crippen molar-refractivity contribution in [2.75, 3.05) is 0 Å². The molecule has 0 amide bonds. The van der Waals surface area contributed by atoms with Gasteiger partial charge in [0.1, 0.15) is 5.52 Å². The molecule has 1 aromatic carbocycles. The van der Waals surface area contributed by atoms with Gasteiger partial charge in [-0.3, -0.25) is 0 Å². The number of hydrogen-bond donors (Lipinski definition) is 1. The Bertz CT molecular complexity index is 569. The average Bonchev–Trinajstić information content (AvgIpc) is 2.72. The molecular weight excluding hydrogens is 218 g/mol. The second-order valence-electron chi connectivity index (χ2n) is 4.71. The van der Waals surface area contributed by atoms with Crippen LogP contribution in [0.3, 0.4) is 0 Å². The van der Waals surface area contributed by atoms with Crippen molar-refractivity contribution in [1.82, 2.24) is 4.98 Å². The summed E-state index contributed by atoms with van der Waals surface area (Å²) in [4.78, 5) is 15.4. The van der Waals surface area contributed by atoms with Crippen LogP contribution in [-0.4, -0.2) is 16.1 Å². The predicted molar refractivity (Wildman–Crippen MR) is 64.3 cm³/mol. The lowest BCUT2D eigenvalue weighted by Crippen LogP contribution is -2.15. The van der Waals surface area contributed by atoms with Gasteiger partial charge in [-0.05, 0) is 18.6 Å². The van der Waals surface area contributed by atoms with Crippen LogP contribution >= 0.6 is 0 Å². The topological polar surface area (TPSA) is 63.3 Å². The van der Waals surface area contributed by atoms with Crippen LogP contribution < -0.4 is 0 Å². The van der Waals surface area contributed by atoms with Crippen molar-refractivity contribution >= 4 is 17.1 Å². The van der Waals surface area contributed by atoms with E-state index in [1.165, 1.54) is 6.07 Å². The Kier molecular flexibility index (Phi) is 2.65. The molecule has 4 heteroatoms. The second kappa shape index (κ2) is 3.87. The van der Waals surface area contributed by atoms with E-state index in [-0.39, 0.29) is 11.0 Å². The molecule has 2 rings (SSSR count). The first-order chi connectivity index (χ1) is 7.95. The van der Waals surface area contributed by atoms with E-state index in [0.717, 1.165) is 6.42 Å². The fraction of sp³-hybridized carbons (Fsp3) is 0.385. The number of nitrogens with zero attached hydrogens (tertiary/aromatic N) is 1. The van der Waals surface area contributed by atoms with E-state index in [0.29, 0.717) is 17.0 Å². The molecule has 0 atom stereocenters. The average molecular weight is 233 g/mol. The number of benzene rings is 1. The molecule has 0 aliphatic rings. The summed E-state index contributed by atoms with van der Waals surface area (Å²) in [7, 11) is 0. The Labute approximate surface area is 99.3 Å². The zero-order valence-electron chi connectivity index (χ0n) is 10.2. The van der Waals surface area contributed by atoms with E-state index in [1.807, 2.05) is 20.8 Å². The number of rotatable bonds is 3. The number of aromatic nitrogens is 1. The first-order valence-electron chi connectivity index (χ1n) is 5.59. The van der Waals surface area contributed by atoms with Gasteiger partial charge in [-0.15, -0.1) is 0 Å². The molecule has 1 heterocycles. The van der Waals surface area contributed by atoms with Gasteiger partial charge in [-0.1, -0.05) is 26.8 Å². The van der Waals surface area contributed by atoms with E-state index in [2.05, 4.69) is 4.98 Å². The highest BCUT2D eigenvalue weighted by Crippen LogP contribution is 2.30. The number of para-hydroxylation sites is 1. The van der Waals surface area contributed by atoms with Gasteiger partial charge in [0.15, 0.2) is 5.58 Å².